The Kier molecular flexibility index (Phi) is 2.37. The molecule has 0 bridgehead atoms. The van der Waals surface area contributed by atoms with Gasteiger partial charge in [-0.25, -0.2) is 0 Å². The first-order chi connectivity index (χ1) is 5.61. The normalized spacial score (nSPS) is 10.2. The fraction of sp³-hybridized carbons (Fsp3) is 0.143. The van der Waals surface area contributed by atoms with Crippen LogP contribution in [0.3, 0.4) is 0 Å². The van der Waals surface area contributed by atoms with Crippen molar-refractivity contribution in [3.05, 3.63) is 39.9 Å². The van der Waals surface area contributed by atoms with Crippen molar-refractivity contribution in [1.29, 1.82) is 0 Å². The number of aliphatic hydroxyl groups is 2. The predicted octanol–water partition coefficient (Wildman–Crippen LogP) is 0.690. The fourth-order valence-corrected chi connectivity index (χ4v) is 0.768. The average Bonchev–Trinajstić information content (AvgIpc) is 2.04. The first-order valence-corrected chi connectivity index (χ1v) is 3.22. The Balaban J connectivity index is 0.00000144. The summed E-state index contributed by atoms with van der Waals surface area (Å²) in [4.78, 5) is 9.61. The van der Waals surface area contributed by atoms with Crippen LogP contribution >= 0.6 is 0 Å². The van der Waals surface area contributed by atoms with E-state index in [0.717, 1.165) is 0 Å². The number of hydrogen-bond donors (Lipinski definition) is 2. The van der Waals surface area contributed by atoms with Gasteiger partial charge in [0.25, 0.3) is 5.69 Å². The van der Waals surface area contributed by atoms with Crippen LogP contribution in [-0.2, 0) is 0 Å². The highest BCUT2D eigenvalue weighted by molar-refractivity contribution is 5.33. The van der Waals surface area contributed by atoms with Gasteiger partial charge in [0.1, 0.15) is 0 Å². The number of nitro benzene ring substituents is 1. The Bertz CT molecular complexity index is 285. The van der Waals surface area contributed by atoms with Crippen LogP contribution in [0.25, 0.3) is 0 Å². The van der Waals surface area contributed by atoms with Gasteiger partial charge in [0.15, 0.2) is 6.29 Å². The van der Waals surface area contributed by atoms with Gasteiger partial charge in [-0.3, -0.25) is 10.1 Å². The predicted molar refractivity (Wildman–Crippen MR) is 41.4 cm³/mol. The first-order valence-electron chi connectivity index (χ1n) is 3.22. The van der Waals surface area contributed by atoms with Crippen LogP contribution in [-0.4, -0.2) is 15.1 Å². The minimum atomic E-state index is -1.58. The van der Waals surface area contributed by atoms with Gasteiger partial charge >= 0.3 is 1.43 Å². The molecule has 0 atom stereocenters. The summed E-state index contributed by atoms with van der Waals surface area (Å²) in [6, 6.07) is 5.02. The number of non-ortho nitro benzene ring substituents is 1. The maximum absolute atomic E-state index is 10.2. The molecule has 0 aliphatic rings. The second kappa shape index (κ2) is 3.29. The smallest absolute Gasteiger partial charge is 0.364 e. The molecule has 0 saturated heterocycles. The van der Waals surface area contributed by atoms with Gasteiger partial charge in [-0.05, 0) is 12.1 Å². The molecule has 12 heavy (non-hydrogen) atoms. The number of benzene rings is 1. The van der Waals surface area contributed by atoms with Crippen molar-refractivity contribution in [1.82, 2.24) is 0 Å². The van der Waals surface area contributed by atoms with Crippen LogP contribution in [0.1, 0.15) is 13.3 Å². The highest BCUT2D eigenvalue weighted by Crippen LogP contribution is 2.15. The summed E-state index contributed by atoms with van der Waals surface area (Å²) in [5.41, 5.74) is 0.167. The zero-order valence-electron chi connectivity index (χ0n) is 7.04. The molecular weight excluding hydrogens is 162 g/mol. The molecule has 0 aromatic heterocycles. The van der Waals surface area contributed by atoms with Crippen LogP contribution in [0.2, 0.25) is 0 Å². The van der Waals surface area contributed by atoms with Gasteiger partial charge in [0.05, 0.1) is 4.92 Å². The third-order valence-electron chi connectivity index (χ3n) is 1.40. The van der Waals surface area contributed by atoms with E-state index in [1.807, 2.05) is 0 Å². The molecule has 0 unspecified atom stereocenters. The molecule has 0 amide bonds. The van der Waals surface area contributed by atoms with Crippen LogP contribution in [0.4, 0.5) is 5.69 Å². The van der Waals surface area contributed by atoms with E-state index in [2.05, 4.69) is 0 Å². The van der Waals surface area contributed by atoms with E-state index in [1.54, 1.807) is 0 Å². The van der Waals surface area contributed by atoms with E-state index in [4.69, 9.17) is 10.2 Å². The van der Waals surface area contributed by atoms with Gasteiger partial charge in [0.2, 0.25) is 0 Å². The largest absolute Gasteiger partial charge is 1.00 e. The maximum atomic E-state index is 10.2. The Hall–Kier alpha value is -1.46. The Labute approximate surface area is 69.5 Å². The topological polar surface area (TPSA) is 83.6 Å². The molecule has 0 saturated carbocycles. The molecule has 1 rings (SSSR count). The van der Waals surface area contributed by atoms with Gasteiger partial charge in [-0.2, -0.15) is 0 Å². The molecule has 0 fully saturated rings. The molecule has 5 nitrogen and oxygen atoms in total. The van der Waals surface area contributed by atoms with Crippen LogP contribution in [0.15, 0.2) is 24.3 Å². The summed E-state index contributed by atoms with van der Waals surface area (Å²) >= 11 is 0. The Morgan fingerprint density at radius 3 is 2.17 bits per heavy atom. The van der Waals surface area contributed by atoms with E-state index in [-0.39, 0.29) is 12.7 Å². The number of rotatable bonds is 2. The summed E-state index contributed by atoms with van der Waals surface area (Å²) in [6.07, 6.45) is -1.58. The van der Waals surface area contributed by atoms with Crippen LogP contribution < -0.4 is 0 Å². The quantitative estimate of drug-likeness (QED) is 0.388. The van der Waals surface area contributed by atoms with E-state index in [9.17, 15) is 10.1 Å². The van der Waals surface area contributed by atoms with E-state index in [1.165, 1.54) is 24.3 Å². The van der Waals surface area contributed by atoms with Crippen molar-refractivity contribution in [3.63, 3.8) is 0 Å². The molecule has 0 radical (unpaired) electrons. The highest BCUT2D eigenvalue weighted by Gasteiger charge is 2.06. The number of nitrogens with zero attached hydrogens (tertiary/aromatic N) is 1. The van der Waals surface area contributed by atoms with Gasteiger partial charge < -0.3 is 10.2 Å². The lowest BCUT2D eigenvalue weighted by molar-refractivity contribution is -0.384. The summed E-state index contributed by atoms with van der Waals surface area (Å²) in [7, 11) is 0. The molecule has 2 N–H and O–H groups in total. The summed E-state index contributed by atoms with van der Waals surface area (Å²) in [5.74, 6) is 0. The molecule has 0 aliphatic heterocycles. The zero-order chi connectivity index (χ0) is 9.14. The molecule has 64 valence electrons. The summed E-state index contributed by atoms with van der Waals surface area (Å²) in [6.45, 7) is 0. The second-order valence-corrected chi connectivity index (χ2v) is 2.22. The third kappa shape index (κ3) is 1.77. The fourth-order valence-electron chi connectivity index (χ4n) is 0.768. The SMILES string of the molecule is O=[N+]([O-])c1ccc(C(O)O)cc1.[H+]. The molecule has 1 aromatic rings. The highest BCUT2D eigenvalue weighted by atomic mass is 16.6. The maximum Gasteiger partial charge on any atom is 1.00 e. The summed E-state index contributed by atoms with van der Waals surface area (Å²) in [5, 5.41) is 27.4. The van der Waals surface area contributed by atoms with E-state index in [0.29, 0.717) is 0 Å². The standard InChI is InChI=1S/C7H7NO4/c9-7(10)5-1-3-6(4-2-5)8(11)12/h1-4,7,9-10H/p+1. The number of nitro groups is 1. The van der Waals surface area contributed by atoms with Crippen molar-refractivity contribution in [2.75, 3.05) is 0 Å². The molecule has 1 aromatic carbocycles. The van der Waals surface area contributed by atoms with Crippen molar-refractivity contribution in [2.45, 2.75) is 6.29 Å². The molecule has 0 heterocycles. The van der Waals surface area contributed by atoms with E-state index < -0.39 is 11.2 Å². The van der Waals surface area contributed by atoms with Gasteiger partial charge in [-0.15, -0.1) is 0 Å². The number of hydrogen-bond acceptors (Lipinski definition) is 4. The van der Waals surface area contributed by atoms with Crippen molar-refractivity contribution in [3.8, 4) is 0 Å². The zero-order valence-corrected chi connectivity index (χ0v) is 6.04. The third-order valence-corrected chi connectivity index (χ3v) is 1.40. The lowest BCUT2D eigenvalue weighted by Gasteiger charge is -2.01. The minimum Gasteiger partial charge on any atom is -0.364 e. The van der Waals surface area contributed by atoms with Crippen LogP contribution in [0.5, 0.6) is 0 Å². The lowest BCUT2D eigenvalue weighted by atomic mass is 10.2. The van der Waals surface area contributed by atoms with Crippen molar-refractivity contribution >= 4 is 5.69 Å². The average molecular weight is 170 g/mol. The van der Waals surface area contributed by atoms with E-state index >= 15 is 0 Å². The van der Waals surface area contributed by atoms with Crippen molar-refractivity contribution in [2.24, 2.45) is 0 Å². The first kappa shape index (κ1) is 8.63. The van der Waals surface area contributed by atoms with Gasteiger partial charge in [-0.1, -0.05) is 0 Å². The van der Waals surface area contributed by atoms with Gasteiger partial charge in [0, 0.05) is 17.7 Å². The monoisotopic (exact) mass is 170 g/mol. The summed E-state index contributed by atoms with van der Waals surface area (Å²) < 4.78 is 0. The molecule has 5 heteroatoms. The molecule has 0 spiro atoms. The molecular formula is C7H8NO4+. The second-order valence-electron chi connectivity index (χ2n) is 2.22. The Morgan fingerprint density at radius 2 is 1.83 bits per heavy atom. The Morgan fingerprint density at radius 1 is 1.33 bits per heavy atom. The lowest BCUT2D eigenvalue weighted by Crippen LogP contribution is -1.95. The molecule has 0 aliphatic carbocycles. The minimum absolute atomic E-state index is 0. The van der Waals surface area contributed by atoms with Crippen molar-refractivity contribution < 1.29 is 16.6 Å². The number of aliphatic hydroxyl groups excluding tert-OH is 1. The van der Waals surface area contributed by atoms with Crippen LogP contribution in [0, 0.1) is 10.1 Å².